The first kappa shape index (κ1) is 20.4. The molecule has 0 bridgehead atoms. The number of nitrogens with zero attached hydrogens (tertiary/aromatic N) is 2. The molecule has 142 valence electrons. The molecule has 0 saturated heterocycles. The summed E-state index contributed by atoms with van der Waals surface area (Å²) in [5.41, 5.74) is -5.52. The number of rotatable bonds is 7. The van der Waals surface area contributed by atoms with Crippen LogP contribution in [0.4, 0.5) is 18.9 Å². The molecular formula is C16H16ClF3N2O3S. The molecule has 1 saturated carbocycles. The molecule has 0 amide bonds. The van der Waals surface area contributed by atoms with E-state index in [0.29, 0.717) is 12.5 Å². The van der Waals surface area contributed by atoms with Gasteiger partial charge in [-0.1, -0.05) is 22.7 Å². The highest BCUT2D eigenvalue weighted by Crippen LogP contribution is 2.34. The zero-order chi connectivity index (χ0) is 19.5. The van der Waals surface area contributed by atoms with Crippen molar-refractivity contribution in [2.45, 2.75) is 25.3 Å². The van der Waals surface area contributed by atoms with Gasteiger partial charge in [-0.2, -0.15) is 21.6 Å². The van der Waals surface area contributed by atoms with Gasteiger partial charge in [-0.25, -0.2) is 0 Å². The number of anilines is 1. The molecule has 5 nitrogen and oxygen atoms in total. The topological polar surface area (TPSA) is 59.0 Å². The van der Waals surface area contributed by atoms with E-state index >= 15 is 0 Å². The normalized spacial score (nSPS) is 15.5. The Morgan fingerprint density at radius 2 is 2.12 bits per heavy atom. The fourth-order valence-electron chi connectivity index (χ4n) is 2.10. The second-order valence-electron chi connectivity index (χ2n) is 5.74. The molecule has 0 aliphatic heterocycles. The number of oxime groups is 1. The first-order valence-electron chi connectivity index (χ1n) is 7.57. The Kier molecular flexibility index (Phi) is 6.09. The number of terminal acetylenes is 1. The van der Waals surface area contributed by atoms with Crippen LogP contribution in [0.3, 0.4) is 0 Å². The van der Waals surface area contributed by atoms with Crippen LogP contribution in [0.5, 0.6) is 0 Å². The third-order valence-electron chi connectivity index (χ3n) is 3.64. The number of sulfonamides is 1. The molecular weight excluding hydrogens is 393 g/mol. The van der Waals surface area contributed by atoms with Gasteiger partial charge in [0, 0.05) is 10.6 Å². The summed E-state index contributed by atoms with van der Waals surface area (Å²) in [6, 6.07) is 3.73. The van der Waals surface area contributed by atoms with Gasteiger partial charge in [0.1, 0.15) is 6.61 Å². The first-order chi connectivity index (χ1) is 12.1. The second kappa shape index (κ2) is 7.76. The average Bonchev–Trinajstić information content (AvgIpc) is 3.36. The van der Waals surface area contributed by atoms with E-state index < -0.39 is 22.1 Å². The van der Waals surface area contributed by atoms with Gasteiger partial charge in [0.05, 0.1) is 17.9 Å². The highest BCUT2D eigenvalue weighted by molar-refractivity contribution is 7.93. The van der Waals surface area contributed by atoms with Gasteiger partial charge in [-0.15, -0.1) is 6.42 Å². The lowest BCUT2D eigenvalue weighted by molar-refractivity contribution is -0.0437. The highest BCUT2D eigenvalue weighted by atomic mass is 35.5. The molecule has 0 aromatic heterocycles. The van der Waals surface area contributed by atoms with E-state index in [1.54, 1.807) is 0 Å². The molecule has 2 rings (SSSR count). The number of benzene rings is 1. The maximum Gasteiger partial charge on any atom is 0.516 e. The van der Waals surface area contributed by atoms with Crippen molar-refractivity contribution >= 4 is 33.0 Å². The molecule has 1 aliphatic carbocycles. The standard InChI is InChI=1S/C16H16ClF3N2O3S/c1-3-8-22(26(23,24)16(18,19)20)15-7-6-13(17)9-14(15)11(2)21-25-10-12-4-5-12/h1,6-7,9,12H,4-5,8,10H2,2H3/b21-11+. The van der Waals surface area contributed by atoms with Gasteiger partial charge in [0.2, 0.25) is 0 Å². The summed E-state index contributed by atoms with van der Waals surface area (Å²) in [5.74, 6) is 2.36. The van der Waals surface area contributed by atoms with Crippen LogP contribution in [0, 0.1) is 18.3 Å². The number of hydrogen-bond acceptors (Lipinski definition) is 4. The van der Waals surface area contributed by atoms with Crippen molar-refractivity contribution in [2.75, 3.05) is 17.5 Å². The Hall–Kier alpha value is -1.92. The molecule has 0 unspecified atom stereocenters. The predicted octanol–water partition coefficient (Wildman–Crippen LogP) is 3.78. The Morgan fingerprint density at radius 3 is 2.65 bits per heavy atom. The van der Waals surface area contributed by atoms with E-state index in [9.17, 15) is 21.6 Å². The summed E-state index contributed by atoms with van der Waals surface area (Å²) in [4.78, 5) is 5.18. The molecule has 1 aliphatic rings. The smallest absolute Gasteiger partial charge is 0.395 e. The number of halogens is 4. The lowest BCUT2D eigenvalue weighted by atomic mass is 10.1. The molecule has 0 spiro atoms. The van der Waals surface area contributed by atoms with Gasteiger partial charge in [0.25, 0.3) is 0 Å². The van der Waals surface area contributed by atoms with Crippen LogP contribution in [0.15, 0.2) is 23.4 Å². The minimum absolute atomic E-state index is 0.0800. The fraction of sp³-hybridized carbons (Fsp3) is 0.438. The second-order valence-corrected chi connectivity index (χ2v) is 8.03. The van der Waals surface area contributed by atoms with Crippen LogP contribution in [-0.2, 0) is 14.9 Å². The van der Waals surface area contributed by atoms with Crippen molar-refractivity contribution in [3.8, 4) is 12.3 Å². The molecule has 1 fully saturated rings. The molecule has 0 N–H and O–H groups in total. The van der Waals surface area contributed by atoms with Crippen LogP contribution in [0.1, 0.15) is 25.3 Å². The Labute approximate surface area is 154 Å². The molecule has 0 radical (unpaired) electrons. The van der Waals surface area contributed by atoms with Gasteiger partial charge in [0.15, 0.2) is 0 Å². The quantitative estimate of drug-likeness (QED) is 0.392. The molecule has 10 heteroatoms. The van der Waals surface area contributed by atoms with E-state index in [1.807, 2.05) is 5.92 Å². The number of alkyl halides is 3. The summed E-state index contributed by atoms with van der Waals surface area (Å²) >= 11 is 5.91. The third-order valence-corrected chi connectivity index (χ3v) is 5.37. The van der Waals surface area contributed by atoms with Crippen molar-refractivity contribution in [3.05, 3.63) is 28.8 Å². The molecule has 1 aromatic carbocycles. The molecule has 1 aromatic rings. The Morgan fingerprint density at radius 1 is 1.46 bits per heavy atom. The van der Waals surface area contributed by atoms with E-state index in [-0.39, 0.29) is 26.3 Å². The SMILES string of the molecule is C#CCN(c1ccc(Cl)cc1/C(C)=N/OCC1CC1)S(=O)(=O)C(F)(F)F. The van der Waals surface area contributed by atoms with E-state index in [0.717, 1.165) is 18.9 Å². The average molecular weight is 409 g/mol. The molecule has 0 heterocycles. The van der Waals surface area contributed by atoms with Crippen LogP contribution < -0.4 is 4.31 Å². The largest absolute Gasteiger partial charge is 0.516 e. The maximum atomic E-state index is 13.0. The van der Waals surface area contributed by atoms with E-state index in [2.05, 4.69) is 5.16 Å². The van der Waals surface area contributed by atoms with Crippen molar-refractivity contribution in [2.24, 2.45) is 11.1 Å². The fourth-order valence-corrected chi connectivity index (χ4v) is 3.18. The Balaban J connectivity index is 2.47. The van der Waals surface area contributed by atoms with Crippen LogP contribution in [0.25, 0.3) is 0 Å². The minimum atomic E-state index is -5.69. The van der Waals surface area contributed by atoms with Crippen molar-refractivity contribution in [1.82, 2.24) is 0 Å². The van der Waals surface area contributed by atoms with Gasteiger partial charge in [-0.3, -0.25) is 4.31 Å². The summed E-state index contributed by atoms with van der Waals surface area (Å²) in [6.45, 7) is 1.07. The zero-order valence-electron chi connectivity index (χ0n) is 13.8. The van der Waals surface area contributed by atoms with Crippen LogP contribution in [0.2, 0.25) is 5.02 Å². The maximum absolute atomic E-state index is 13.0. The number of hydrogen-bond donors (Lipinski definition) is 0. The summed E-state index contributed by atoms with van der Waals surface area (Å²) in [7, 11) is -5.69. The van der Waals surface area contributed by atoms with E-state index in [4.69, 9.17) is 22.9 Å². The summed E-state index contributed by atoms with van der Waals surface area (Å²) in [5, 5.41) is 4.07. The van der Waals surface area contributed by atoms with Gasteiger partial charge in [-0.05, 0) is 43.9 Å². The highest BCUT2D eigenvalue weighted by Gasteiger charge is 2.50. The lowest BCUT2D eigenvalue weighted by Gasteiger charge is -2.25. The molecule has 26 heavy (non-hydrogen) atoms. The van der Waals surface area contributed by atoms with Crippen molar-refractivity contribution in [1.29, 1.82) is 0 Å². The Bertz CT molecular complexity index is 843. The van der Waals surface area contributed by atoms with Crippen molar-refractivity contribution in [3.63, 3.8) is 0 Å². The minimum Gasteiger partial charge on any atom is -0.395 e. The van der Waals surface area contributed by atoms with Crippen molar-refractivity contribution < 1.29 is 26.4 Å². The van der Waals surface area contributed by atoms with Gasteiger partial charge >= 0.3 is 15.5 Å². The van der Waals surface area contributed by atoms with Crippen LogP contribution in [-0.4, -0.2) is 32.8 Å². The first-order valence-corrected chi connectivity index (χ1v) is 9.38. The third kappa shape index (κ3) is 4.62. The monoisotopic (exact) mass is 408 g/mol. The summed E-state index contributed by atoms with van der Waals surface area (Å²) < 4.78 is 63.0. The van der Waals surface area contributed by atoms with Crippen LogP contribution >= 0.6 is 11.6 Å². The molecule has 0 atom stereocenters. The van der Waals surface area contributed by atoms with Gasteiger partial charge < -0.3 is 4.84 Å². The zero-order valence-corrected chi connectivity index (χ0v) is 15.3. The van der Waals surface area contributed by atoms with E-state index in [1.165, 1.54) is 19.1 Å². The predicted molar refractivity (Wildman–Crippen MR) is 93.5 cm³/mol. The lowest BCUT2D eigenvalue weighted by Crippen LogP contribution is -2.41. The summed E-state index contributed by atoms with van der Waals surface area (Å²) in [6.07, 6.45) is 7.16.